The Balaban J connectivity index is 1.49. The lowest BCUT2D eigenvalue weighted by atomic mass is 10.0. The molecule has 1 fully saturated rings. The average Bonchev–Trinajstić information content (AvgIpc) is 3.46. The number of pyridine rings is 1. The summed E-state index contributed by atoms with van der Waals surface area (Å²) < 4.78 is 49.1. The number of halogens is 2. The van der Waals surface area contributed by atoms with Gasteiger partial charge in [-0.2, -0.15) is 13.8 Å². The van der Waals surface area contributed by atoms with Crippen molar-refractivity contribution in [2.24, 2.45) is 10.7 Å². The van der Waals surface area contributed by atoms with Gasteiger partial charge in [0.2, 0.25) is 11.6 Å². The molecule has 3 heterocycles. The second-order valence-corrected chi connectivity index (χ2v) is 11.1. The Morgan fingerprint density at radius 2 is 1.83 bits per heavy atom. The number of phenolic OH excluding ortho intramolecular Hbond substituents is 1. The molecule has 244 valence electrons. The van der Waals surface area contributed by atoms with E-state index in [4.69, 9.17) is 25.4 Å². The number of ether oxygens (including phenoxy) is 3. The van der Waals surface area contributed by atoms with E-state index in [9.17, 15) is 9.90 Å². The Morgan fingerprint density at radius 1 is 1.11 bits per heavy atom. The van der Waals surface area contributed by atoms with Crippen molar-refractivity contribution >= 4 is 23.3 Å². The molecule has 3 aromatic rings. The molecule has 1 saturated heterocycles. The fourth-order valence-electron chi connectivity index (χ4n) is 5.49. The summed E-state index contributed by atoms with van der Waals surface area (Å²) in [4.78, 5) is 25.9. The average molecular weight is 638 g/mol. The topological polar surface area (TPSA) is 150 Å². The Kier molecular flexibility index (Phi) is 9.85. The zero-order valence-electron chi connectivity index (χ0n) is 25.9. The largest absolute Gasteiger partial charge is 0.504 e. The zero-order valence-corrected chi connectivity index (χ0v) is 25.9. The normalized spacial score (nSPS) is 15.4. The van der Waals surface area contributed by atoms with Crippen molar-refractivity contribution in [3.63, 3.8) is 0 Å². The maximum absolute atomic E-state index is 16.3. The number of aromatic hydroxyl groups is 1. The number of nitrogen functional groups attached to an aromatic ring is 1. The van der Waals surface area contributed by atoms with Gasteiger partial charge in [0.25, 0.3) is 11.8 Å². The Labute approximate surface area is 265 Å². The summed E-state index contributed by atoms with van der Waals surface area (Å²) in [6, 6.07) is 10.5. The third-order valence-corrected chi connectivity index (χ3v) is 7.95. The van der Waals surface area contributed by atoms with E-state index in [0.29, 0.717) is 39.1 Å². The highest BCUT2D eigenvalue weighted by atomic mass is 19.1. The molecule has 0 bridgehead atoms. The van der Waals surface area contributed by atoms with E-state index in [1.807, 2.05) is 22.9 Å². The van der Waals surface area contributed by atoms with Gasteiger partial charge in [-0.1, -0.05) is 12.1 Å². The highest BCUT2D eigenvalue weighted by Crippen LogP contribution is 2.41. The second kappa shape index (κ2) is 14.0. The summed E-state index contributed by atoms with van der Waals surface area (Å²) in [6.45, 7) is 4.64. The van der Waals surface area contributed by atoms with Gasteiger partial charge >= 0.3 is 5.97 Å². The second-order valence-electron chi connectivity index (χ2n) is 11.1. The van der Waals surface area contributed by atoms with Gasteiger partial charge in [0.05, 0.1) is 19.7 Å². The number of carbonyl (C=O) groups excluding carboxylic acids is 1. The summed E-state index contributed by atoms with van der Waals surface area (Å²) in [5, 5.41) is 18.1. The van der Waals surface area contributed by atoms with Crippen LogP contribution in [0.3, 0.4) is 0 Å². The van der Waals surface area contributed by atoms with Crippen molar-refractivity contribution in [1.82, 2.24) is 14.8 Å². The number of nitrogens with two attached hydrogens (primary N) is 1. The van der Waals surface area contributed by atoms with E-state index >= 15 is 8.78 Å². The van der Waals surface area contributed by atoms with Crippen LogP contribution in [-0.4, -0.2) is 97.0 Å². The van der Waals surface area contributed by atoms with Gasteiger partial charge in [-0.3, -0.25) is 20.1 Å². The van der Waals surface area contributed by atoms with E-state index in [1.54, 1.807) is 32.2 Å². The molecule has 2 aromatic carbocycles. The number of amidine groups is 2. The quantitative estimate of drug-likeness (QED) is 0.159. The van der Waals surface area contributed by atoms with E-state index in [2.05, 4.69) is 9.98 Å². The van der Waals surface area contributed by atoms with Gasteiger partial charge < -0.3 is 34.9 Å². The van der Waals surface area contributed by atoms with Crippen LogP contribution in [0.25, 0.3) is 0 Å². The highest BCUT2D eigenvalue weighted by Gasteiger charge is 2.32. The fourth-order valence-corrected chi connectivity index (χ4v) is 5.49. The van der Waals surface area contributed by atoms with Crippen LogP contribution >= 0.6 is 0 Å². The predicted molar refractivity (Wildman–Crippen MR) is 168 cm³/mol. The number of phenols is 1. The summed E-state index contributed by atoms with van der Waals surface area (Å²) in [5.41, 5.74) is 6.14. The number of aromatic nitrogens is 1. The van der Waals surface area contributed by atoms with Gasteiger partial charge in [-0.15, -0.1) is 0 Å². The molecule has 2 aliphatic rings. The first-order valence-corrected chi connectivity index (χ1v) is 14.9. The number of nitrogens with zero attached hydrogens (tertiary/aromatic N) is 5. The molecule has 0 saturated carbocycles. The molecule has 0 spiro atoms. The summed E-state index contributed by atoms with van der Waals surface area (Å²) in [5.74, 6) is -3.55. The van der Waals surface area contributed by atoms with Crippen LogP contribution in [0.4, 0.5) is 14.5 Å². The lowest BCUT2D eigenvalue weighted by Gasteiger charge is -2.37. The van der Waals surface area contributed by atoms with Gasteiger partial charge in [-0.05, 0) is 50.1 Å². The monoisotopic (exact) mass is 637 g/mol. The van der Waals surface area contributed by atoms with Crippen LogP contribution in [0.5, 0.6) is 29.0 Å². The molecule has 14 heteroatoms. The predicted octanol–water partition coefficient (Wildman–Crippen LogP) is 4.09. The molecule has 4 N–H and O–H groups in total. The maximum atomic E-state index is 16.3. The van der Waals surface area contributed by atoms with Crippen LogP contribution in [0.15, 0.2) is 47.5 Å². The standard InChI is InChI=1S/C32H37F2N7O5/c1-4-44-25(43)18-41-13-10-21(11-14-41)40(3)28-26(33)31(45-22-7-5-6-20(16-22)30-37-12-15-39(30)2)38-32(27(28)34)46-24-17-19(29(35)36)8-9-23(24)42/h5-9,16-17,21,42H,4,10-15,18H2,1-3H3,(H3,35,36). The number of aliphatic imine (C=N–C) groups is 1. The fraction of sp³-hybridized carbons (Fsp3) is 0.375. The molecule has 46 heavy (non-hydrogen) atoms. The molecule has 0 radical (unpaired) electrons. The third-order valence-electron chi connectivity index (χ3n) is 7.95. The van der Waals surface area contributed by atoms with Crippen LogP contribution in [0.1, 0.15) is 30.9 Å². The van der Waals surface area contributed by atoms with Crippen molar-refractivity contribution in [3.8, 4) is 29.0 Å². The number of hydrogen-bond acceptors (Lipinski definition) is 11. The van der Waals surface area contributed by atoms with Crippen molar-refractivity contribution in [2.45, 2.75) is 25.8 Å². The molecular weight excluding hydrogens is 600 g/mol. The van der Waals surface area contributed by atoms with Crippen LogP contribution in [0.2, 0.25) is 0 Å². The van der Waals surface area contributed by atoms with Gasteiger partial charge in [-0.25, -0.2) is 0 Å². The number of carbonyl (C=O) groups is 1. The molecule has 1 aromatic heterocycles. The molecular formula is C32H37F2N7O5. The van der Waals surface area contributed by atoms with Crippen molar-refractivity contribution in [3.05, 3.63) is 65.2 Å². The number of likely N-dealkylation sites (N-methyl/N-ethyl adjacent to an activating group) is 1. The number of likely N-dealkylation sites (tertiary alicyclic amines) is 1. The summed E-state index contributed by atoms with van der Waals surface area (Å²) in [7, 11) is 3.49. The Morgan fingerprint density at radius 3 is 2.48 bits per heavy atom. The van der Waals surface area contributed by atoms with E-state index in [0.717, 1.165) is 17.9 Å². The number of benzene rings is 2. The number of piperidine rings is 1. The van der Waals surface area contributed by atoms with Gasteiger partial charge in [0.15, 0.2) is 11.5 Å². The summed E-state index contributed by atoms with van der Waals surface area (Å²) in [6.07, 6.45) is 1.03. The molecule has 5 rings (SSSR count). The first-order chi connectivity index (χ1) is 22.0. The molecule has 2 aliphatic heterocycles. The van der Waals surface area contributed by atoms with Crippen LogP contribution in [-0.2, 0) is 9.53 Å². The zero-order chi connectivity index (χ0) is 33.0. The van der Waals surface area contributed by atoms with Gasteiger partial charge in [0, 0.05) is 50.9 Å². The van der Waals surface area contributed by atoms with E-state index < -0.39 is 29.1 Å². The lowest BCUT2D eigenvalue weighted by molar-refractivity contribution is -0.144. The van der Waals surface area contributed by atoms with Crippen LogP contribution < -0.4 is 20.1 Å². The minimum absolute atomic E-state index is 0.141. The molecule has 0 amide bonds. The molecule has 0 unspecified atom stereocenters. The smallest absolute Gasteiger partial charge is 0.320 e. The van der Waals surface area contributed by atoms with Crippen molar-refractivity contribution in [2.75, 3.05) is 58.3 Å². The van der Waals surface area contributed by atoms with Crippen LogP contribution in [0, 0.1) is 17.0 Å². The number of esters is 1. The first-order valence-electron chi connectivity index (χ1n) is 14.9. The van der Waals surface area contributed by atoms with E-state index in [1.165, 1.54) is 23.1 Å². The van der Waals surface area contributed by atoms with Gasteiger partial charge in [0.1, 0.15) is 23.1 Å². The number of hydrogen-bond donors (Lipinski definition) is 3. The molecule has 0 aliphatic carbocycles. The van der Waals surface area contributed by atoms with Crippen molar-refractivity contribution < 1.29 is 32.9 Å². The minimum atomic E-state index is -1.11. The molecule has 0 atom stereocenters. The maximum Gasteiger partial charge on any atom is 0.320 e. The lowest BCUT2D eigenvalue weighted by Crippen LogP contribution is -2.45. The molecule has 12 nitrogen and oxygen atoms in total. The SMILES string of the molecule is CCOC(=O)CN1CCC(N(C)c2c(F)c(Oc3cccc(C4=NCCN4C)c3)nc(Oc3cc(C(=N)N)ccc3O)c2F)CC1. The van der Waals surface area contributed by atoms with Crippen molar-refractivity contribution in [1.29, 1.82) is 5.41 Å². The minimum Gasteiger partial charge on any atom is -0.504 e. The van der Waals surface area contributed by atoms with E-state index in [-0.39, 0.29) is 47.2 Å². The Hall–Kier alpha value is -4.98. The highest BCUT2D eigenvalue weighted by molar-refractivity contribution is 6.00. The number of nitrogens with one attached hydrogen (secondary N) is 1. The Bertz CT molecular complexity index is 1650. The number of anilines is 1. The third kappa shape index (κ3) is 7.12. The number of rotatable bonds is 11. The summed E-state index contributed by atoms with van der Waals surface area (Å²) >= 11 is 0. The first kappa shape index (κ1) is 32.4.